The van der Waals surface area contributed by atoms with Crippen LogP contribution in [0.3, 0.4) is 0 Å². The highest BCUT2D eigenvalue weighted by Gasteiger charge is 1.90. The molecule has 0 atom stereocenters. The third-order valence-corrected chi connectivity index (χ3v) is 3.31. The zero-order valence-corrected chi connectivity index (χ0v) is 14.5. The molecule has 0 aromatic carbocycles. The van der Waals surface area contributed by atoms with E-state index in [1.54, 1.807) is 11.3 Å². The average Bonchev–Trinajstić information content (AvgIpc) is 2.85. The second kappa shape index (κ2) is 13.9. The molecule has 0 radical (unpaired) electrons. The molecule has 0 aliphatic rings. The van der Waals surface area contributed by atoms with Gasteiger partial charge in [0.05, 0.1) is 6.61 Å². The number of alkyl halides is 1. The molecule has 0 fully saturated rings. The maximum absolute atomic E-state index is 8.56. The van der Waals surface area contributed by atoms with Gasteiger partial charge in [-0.2, -0.15) is 0 Å². The van der Waals surface area contributed by atoms with Gasteiger partial charge in [-0.15, -0.1) is 22.9 Å². The van der Waals surface area contributed by atoms with Crippen molar-refractivity contribution in [2.24, 2.45) is 0 Å². The first kappa shape index (κ1) is 20.7. The van der Waals surface area contributed by atoms with Crippen molar-refractivity contribution in [3.8, 4) is 0 Å². The van der Waals surface area contributed by atoms with E-state index in [2.05, 4.69) is 19.9 Å². The van der Waals surface area contributed by atoms with E-state index in [-0.39, 0.29) is 6.61 Å². The van der Waals surface area contributed by atoms with Gasteiger partial charge in [0.2, 0.25) is 0 Å². The van der Waals surface area contributed by atoms with Gasteiger partial charge in [0.25, 0.3) is 0 Å². The predicted octanol–water partition coefficient (Wildman–Crippen LogP) is 5.71. The Morgan fingerprint density at radius 2 is 1.84 bits per heavy atom. The second-order valence-electron chi connectivity index (χ2n) is 4.14. The summed E-state index contributed by atoms with van der Waals surface area (Å²) in [4.78, 5) is 1.04. The lowest BCUT2D eigenvalue weighted by molar-refractivity contribution is 0.285. The topological polar surface area (TPSA) is 20.2 Å². The molecular weight excluding hydrogens is 276 g/mol. The summed E-state index contributed by atoms with van der Waals surface area (Å²) < 4.78 is 0. The van der Waals surface area contributed by atoms with Crippen molar-refractivity contribution in [2.75, 3.05) is 5.88 Å². The van der Waals surface area contributed by atoms with E-state index in [4.69, 9.17) is 16.7 Å². The summed E-state index contributed by atoms with van der Waals surface area (Å²) in [6, 6.07) is 1.99. The largest absolute Gasteiger partial charge is 0.391 e. The average molecular weight is 303 g/mol. The van der Waals surface area contributed by atoms with E-state index in [0.717, 1.165) is 4.88 Å². The van der Waals surface area contributed by atoms with Crippen LogP contribution in [0.5, 0.6) is 0 Å². The predicted molar refractivity (Wildman–Crippen MR) is 90.2 cm³/mol. The SMILES string of the molecule is CC.CC(C)=C/C=C(\C)CCl.Cc1csc(CO)c1. The van der Waals surface area contributed by atoms with Crippen molar-refractivity contribution in [1.82, 2.24) is 0 Å². The number of aliphatic hydroxyl groups is 1. The van der Waals surface area contributed by atoms with Gasteiger partial charge in [0, 0.05) is 10.8 Å². The van der Waals surface area contributed by atoms with Crippen LogP contribution < -0.4 is 0 Å². The molecule has 0 spiro atoms. The molecule has 0 bridgehead atoms. The van der Waals surface area contributed by atoms with Crippen molar-refractivity contribution in [3.05, 3.63) is 45.2 Å². The normalized spacial score (nSPS) is 9.79. The molecule has 0 saturated heterocycles. The van der Waals surface area contributed by atoms with Crippen LogP contribution in [0.1, 0.15) is 45.1 Å². The third-order valence-electron chi connectivity index (χ3n) is 1.85. The fraction of sp³-hybridized carbons (Fsp3) is 0.500. The monoisotopic (exact) mass is 302 g/mol. The Hall–Kier alpha value is -0.570. The molecule has 1 rings (SSSR count). The highest BCUT2D eigenvalue weighted by atomic mass is 35.5. The van der Waals surface area contributed by atoms with Crippen LogP contribution in [-0.4, -0.2) is 11.0 Å². The Morgan fingerprint density at radius 1 is 1.26 bits per heavy atom. The molecule has 0 unspecified atom stereocenters. The highest BCUT2D eigenvalue weighted by Crippen LogP contribution is 2.12. The van der Waals surface area contributed by atoms with Crippen LogP contribution in [0, 0.1) is 6.92 Å². The van der Waals surface area contributed by atoms with E-state index in [9.17, 15) is 0 Å². The number of aryl methyl sites for hydroxylation is 1. The molecular formula is C16H27ClOS. The maximum Gasteiger partial charge on any atom is 0.0774 e. The van der Waals surface area contributed by atoms with Crippen LogP contribution >= 0.6 is 22.9 Å². The molecule has 0 saturated carbocycles. The summed E-state index contributed by atoms with van der Waals surface area (Å²) in [7, 11) is 0. The Morgan fingerprint density at radius 3 is 2.11 bits per heavy atom. The standard InChI is InChI=1S/C8H13Cl.C6H8OS.C2H6/c1-7(2)4-5-8(3)6-9;1-5-2-6(3-7)8-4-5;1-2/h4-5H,6H2,1-3H3;2,4,7H,3H2,1H3;1-2H3/b8-5+;;. The Balaban J connectivity index is 0. The second-order valence-corrected chi connectivity index (χ2v) is 5.40. The van der Waals surface area contributed by atoms with Crippen molar-refractivity contribution < 1.29 is 5.11 Å². The van der Waals surface area contributed by atoms with Crippen molar-refractivity contribution in [1.29, 1.82) is 0 Å². The quantitative estimate of drug-likeness (QED) is 0.560. The zero-order valence-electron chi connectivity index (χ0n) is 13.0. The first-order valence-corrected chi connectivity index (χ1v) is 7.92. The fourth-order valence-electron chi connectivity index (χ4n) is 0.927. The number of rotatable bonds is 3. The first-order valence-electron chi connectivity index (χ1n) is 6.51. The summed E-state index contributed by atoms with van der Waals surface area (Å²) in [5.74, 6) is 0.629. The third kappa shape index (κ3) is 13.7. The lowest BCUT2D eigenvalue weighted by Gasteiger charge is -1.88. The van der Waals surface area contributed by atoms with Gasteiger partial charge in [-0.05, 0) is 44.7 Å². The van der Waals surface area contributed by atoms with Gasteiger partial charge in [0.1, 0.15) is 0 Å². The summed E-state index contributed by atoms with van der Waals surface area (Å²) in [5.41, 5.74) is 3.75. The van der Waals surface area contributed by atoms with Crippen LogP contribution in [0.2, 0.25) is 0 Å². The number of hydrogen-bond acceptors (Lipinski definition) is 2. The number of thiophene rings is 1. The molecule has 0 aliphatic carbocycles. The van der Waals surface area contributed by atoms with E-state index < -0.39 is 0 Å². The molecule has 1 N–H and O–H groups in total. The maximum atomic E-state index is 8.56. The van der Waals surface area contributed by atoms with Gasteiger partial charge in [-0.1, -0.05) is 37.1 Å². The number of aliphatic hydroxyl groups excluding tert-OH is 1. The molecule has 1 aromatic heterocycles. The summed E-state index contributed by atoms with van der Waals surface area (Å²) in [6.45, 7) is 12.4. The molecule has 1 heterocycles. The van der Waals surface area contributed by atoms with Gasteiger partial charge in [-0.3, -0.25) is 0 Å². The minimum Gasteiger partial charge on any atom is -0.391 e. The molecule has 1 aromatic rings. The van der Waals surface area contributed by atoms with E-state index >= 15 is 0 Å². The van der Waals surface area contributed by atoms with Crippen molar-refractivity contribution in [2.45, 2.75) is 48.1 Å². The molecule has 3 heteroatoms. The summed E-state index contributed by atoms with van der Waals surface area (Å²) in [6.07, 6.45) is 4.11. The van der Waals surface area contributed by atoms with Crippen molar-refractivity contribution >= 4 is 22.9 Å². The lowest BCUT2D eigenvalue weighted by atomic mass is 10.2. The number of halogens is 1. The van der Waals surface area contributed by atoms with Gasteiger partial charge >= 0.3 is 0 Å². The Kier molecular flexibility index (Phi) is 15.1. The minimum atomic E-state index is 0.179. The van der Waals surface area contributed by atoms with Gasteiger partial charge < -0.3 is 5.11 Å². The van der Waals surface area contributed by atoms with Crippen LogP contribution in [0.15, 0.2) is 34.7 Å². The number of hydrogen-bond donors (Lipinski definition) is 1. The van der Waals surface area contributed by atoms with Crippen LogP contribution in [0.25, 0.3) is 0 Å². The van der Waals surface area contributed by atoms with E-state index in [1.165, 1.54) is 16.7 Å². The van der Waals surface area contributed by atoms with Crippen molar-refractivity contribution in [3.63, 3.8) is 0 Å². The molecule has 110 valence electrons. The lowest BCUT2D eigenvalue weighted by Crippen LogP contribution is -1.73. The van der Waals surface area contributed by atoms with Crippen LogP contribution in [0.4, 0.5) is 0 Å². The Labute approximate surface area is 127 Å². The summed E-state index contributed by atoms with van der Waals surface area (Å²) in [5, 5.41) is 10.6. The van der Waals surface area contributed by atoms with Crippen LogP contribution in [-0.2, 0) is 6.61 Å². The van der Waals surface area contributed by atoms with Gasteiger partial charge in [-0.25, -0.2) is 0 Å². The molecule has 19 heavy (non-hydrogen) atoms. The van der Waals surface area contributed by atoms with E-state index in [1.807, 2.05) is 45.2 Å². The highest BCUT2D eigenvalue weighted by molar-refractivity contribution is 7.10. The summed E-state index contributed by atoms with van der Waals surface area (Å²) >= 11 is 7.14. The van der Waals surface area contributed by atoms with Gasteiger partial charge in [0.15, 0.2) is 0 Å². The molecule has 0 amide bonds. The fourth-order valence-corrected chi connectivity index (χ4v) is 1.75. The smallest absolute Gasteiger partial charge is 0.0774 e. The zero-order chi connectivity index (χ0) is 15.3. The molecule has 1 nitrogen and oxygen atoms in total. The first-order chi connectivity index (χ1) is 8.99. The minimum absolute atomic E-state index is 0.179. The van der Waals surface area contributed by atoms with E-state index in [0.29, 0.717) is 5.88 Å². The number of allylic oxidation sites excluding steroid dienone is 4. The Bertz CT molecular complexity index is 374. The molecule has 0 aliphatic heterocycles.